The minimum Gasteiger partial charge on any atom is -0.377 e. The third-order valence-electron chi connectivity index (χ3n) is 4.91. The van der Waals surface area contributed by atoms with E-state index in [-0.39, 0.29) is 0 Å². The molecule has 0 aromatic heterocycles. The van der Waals surface area contributed by atoms with Crippen LogP contribution in [0, 0.1) is 5.92 Å². The van der Waals surface area contributed by atoms with Crippen LogP contribution < -0.4 is 5.32 Å². The number of ether oxygens (including phenoxy) is 1. The molecule has 1 saturated carbocycles. The van der Waals surface area contributed by atoms with E-state index in [1.165, 1.54) is 58.2 Å². The van der Waals surface area contributed by atoms with Gasteiger partial charge in [0.25, 0.3) is 0 Å². The Kier molecular flexibility index (Phi) is 4.22. The lowest BCUT2D eigenvalue weighted by Crippen LogP contribution is -2.58. The summed E-state index contributed by atoms with van der Waals surface area (Å²) in [5, 5.41) is 3.72. The molecule has 1 aliphatic carbocycles. The van der Waals surface area contributed by atoms with Gasteiger partial charge in [0.2, 0.25) is 0 Å². The molecular weight excluding hydrogens is 224 g/mol. The van der Waals surface area contributed by atoms with E-state index in [1.54, 1.807) is 0 Å². The van der Waals surface area contributed by atoms with Gasteiger partial charge in [-0.15, -0.1) is 0 Å². The number of hydrogen-bond acceptors (Lipinski definition) is 3. The van der Waals surface area contributed by atoms with Crippen LogP contribution >= 0.6 is 0 Å². The summed E-state index contributed by atoms with van der Waals surface area (Å²) in [5.74, 6) is 0.971. The molecule has 0 spiro atoms. The van der Waals surface area contributed by atoms with E-state index < -0.39 is 0 Å². The van der Waals surface area contributed by atoms with Gasteiger partial charge in [-0.1, -0.05) is 6.92 Å². The van der Waals surface area contributed by atoms with Gasteiger partial charge in [0, 0.05) is 38.3 Å². The van der Waals surface area contributed by atoms with Crippen LogP contribution in [-0.2, 0) is 4.74 Å². The number of rotatable bonds is 4. The average Bonchev–Trinajstić information content (AvgIpc) is 3.24. The molecule has 3 aliphatic rings. The van der Waals surface area contributed by atoms with Crippen molar-refractivity contribution in [2.24, 2.45) is 5.92 Å². The maximum absolute atomic E-state index is 5.94. The normalized spacial score (nSPS) is 38.8. The highest BCUT2D eigenvalue weighted by atomic mass is 16.5. The maximum Gasteiger partial charge on any atom is 0.0702 e. The van der Waals surface area contributed by atoms with Crippen LogP contribution in [-0.4, -0.2) is 49.3 Å². The van der Waals surface area contributed by atoms with Crippen LogP contribution in [0.5, 0.6) is 0 Å². The zero-order valence-electron chi connectivity index (χ0n) is 11.7. The van der Waals surface area contributed by atoms with Crippen molar-refractivity contribution in [3.63, 3.8) is 0 Å². The Labute approximate surface area is 111 Å². The van der Waals surface area contributed by atoms with Gasteiger partial charge in [0.05, 0.1) is 6.10 Å². The number of hydrogen-bond donors (Lipinski definition) is 1. The van der Waals surface area contributed by atoms with E-state index in [9.17, 15) is 0 Å². The van der Waals surface area contributed by atoms with Crippen LogP contribution in [0.2, 0.25) is 0 Å². The fraction of sp³-hybridized carbons (Fsp3) is 1.00. The molecule has 0 aromatic carbocycles. The number of nitrogens with zero attached hydrogens (tertiary/aromatic N) is 1. The van der Waals surface area contributed by atoms with Crippen LogP contribution in [0.25, 0.3) is 0 Å². The molecule has 3 nitrogen and oxygen atoms in total. The first-order chi connectivity index (χ1) is 8.86. The van der Waals surface area contributed by atoms with Gasteiger partial charge >= 0.3 is 0 Å². The quantitative estimate of drug-likeness (QED) is 0.828. The number of piperazine rings is 1. The largest absolute Gasteiger partial charge is 0.377 e. The Morgan fingerprint density at radius 2 is 2.11 bits per heavy atom. The van der Waals surface area contributed by atoms with Gasteiger partial charge in [0.1, 0.15) is 0 Å². The van der Waals surface area contributed by atoms with Crippen molar-refractivity contribution < 1.29 is 4.74 Å². The third-order valence-corrected chi connectivity index (χ3v) is 4.91. The molecule has 104 valence electrons. The Balaban J connectivity index is 1.57. The lowest BCUT2D eigenvalue weighted by atomic mass is 10.0. The second kappa shape index (κ2) is 5.89. The lowest BCUT2D eigenvalue weighted by molar-refractivity contribution is -0.0240. The average molecular weight is 252 g/mol. The molecule has 1 N–H and O–H groups in total. The van der Waals surface area contributed by atoms with Crippen molar-refractivity contribution in [1.29, 1.82) is 0 Å². The van der Waals surface area contributed by atoms with Crippen molar-refractivity contribution in [3.05, 3.63) is 0 Å². The molecule has 2 aliphatic heterocycles. The van der Waals surface area contributed by atoms with E-state index in [2.05, 4.69) is 17.1 Å². The van der Waals surface area contributed by atoms with E-state index in [0.717, 1.165) is 18.6 Å². The standard InChI is InChI=1S/C15H28N2O/c1-2-13-10-17(11-14-5-3-4-8-18-14)15(9-16-13)12-6-7-12/h12-16H,2-11H2,1H3. The summed E-state index contributed by atoms with van der Waals surface area (Å²) in [4.78, 5) is 2.75. The molecule has 0 amide bonds. The Morgan fingerprint density at radius 3 is 2.78 bits per heavy atom. The van der Waals surface area contributed by atoms with Gasteiger partial charge in [-0.3, -0.25) is 4.90 Å². The summed E-state index contributed by atoms with van der Waals surface area (Å²) in [7, 11) is 0. The van der Waals surface area contributed by atoms with E-state index in [4.69, 9.17) is 4.74 Å². The first-order valence-corrected chi connectivity index (χ1v) is 7.96. The molecular formula is C15H28N2O. The van der Waals surface area contributed by atoms with Gasteiger partial charge in [0.15, 0.2) is 0 Å². The monoisotopic (exact) mass is 252 g/mol. The van der Waals surface area contributed by atoms with Crippen LogP contribution in [0.4, 0.5) is 0 Å². The highest BCUT2D eigenvalue weighted by Gasteiger charge is 2.39. The van der Waals surface area contributed by atoms with Crippen molar-refractivity contribution >= 4 is 0 Å². The van der Waals surface area contributed by atoms with E-state index in [1.807, 2.05) is 0 Å². The molecule has 0 bridgehead atoms. The van der Waals surface area contributed by atoms with Crippen molar-refractivity contribution in [1.82, 2.24) is 10.2 Å². The molecule has 0 radical (unpaired) electrons. The van der Waals surface area contributed by atoms with Crippen LogP contribution in [0.3, 0.4) is 0 Å². The predicted octanol–water partition coefficient (Wildman–Crippen LogP) is 2.02. The smallest absolute Gasteiger partial charge is 0.0702 e. The minimum atomic E-state index is 0.510. The summed E-state index contributed by atoms with van der Waals surface area (Å²) in [6.07, 6.45) is 8.56. The predicted molar refractivity (Wildman–Crippen MR) is 73.8 cm³/mol. The molecule has 3 unspecified atom stereocenters. The van der Waals surface area contributed by atoms with E-state index >= 15 is 0 Å². The van der Waals surface area contributed by atoms with Gasteiger partial charge in [-0.2, -0.15) is 0 Å². The topological polar surface area (TPSA) is 24.5 Å². The molecule has 3 heteroatoms. The lowest BCUT2D eigenvalue weighted by Gasteiger charge is -2.42. The third kappa shape index (κ3) is 3.06. The molecule has 2 saturated heterocycles. The van der Waals surface area contributed by atoms with Gasteiger partial charge in [-0.25, -0.2) is 0 Å². The minimum absolute atomic E-state index is 0.510. The molecule has 3 atom stereocenters. The second-order valence-corrected chi connectivity index (χ2v) is 6.36. The maximum atomic E-state index is 5.94. The number of nitrogens with one attached hydrogen (secondary N) is 1. The summed E-state index contributed by atoms with van der Waals surface area (Å²) in [6.45, 7) is 6.90. The van der Waals surface area contributed by atoms with Gasteiger partial charge < -0.3 is 10.1 Å². The van der Waals surface area contributed by atoms with Crippen LogP contribution in [0.15, 0.2) is 0 Å². The fourth-order valence-corrected chi connectivity index (χ4v) is 3.54. The summed E-state index contributed by atoms with van der Waals surface area (Å²) >= 11 is 0. The van der Waals surface area contributed by atoms with Crippen molar-refractivity contribution in [2.75, 3.05) is 26.2 Å². The Morgan fingerprint density at radius 1 is 1.22 bits per heavy atom. The zero-order valence-corrected chi connectivity index (χ0v) is 11.7. The summed E-state index contributed by atoms with van der Waals surface area (Å²) in [5.41, 5.74) is 0. The SMILES string of the molecule is CCC1CN(CC2CCCCO2)C(C2CC2)CN1. The molecule has 3 fully saturated rings. The molecule has 3 rings (SSSR count). The first kappa shape index (κ1) is 12.9. The summed E-state index contributed by atoms with van der Waals surface area (Å²) in [6, 6.07) is 1.49. The Bertz CT molecular complexity index is 261. The highest BCUT2D eigenvalue weighted by molar-refractivity contribution is 4.95. The van der Waals surface area contributed by atoms with Crippen molar-refractivity contribution in [2.45, 2.75) is 63.6 Å². The first-order valence-electron chi connectivity index (χ1n) is 7.96. The van der Waals surface area contributed by atoms with Gasteiger partial charge in [-0.05, 0) is 44.4 Å². The zero-order chi connectivity index (χ0) is 12.4. The molecule has 18 heavy (non-hydrogen) atoms. The highest BCUT2D eigenvalue weighted by Crippen LogP contribution is 2.36. The Hall–Kier alpha value is -0.120. The second-order valence-electron chi connectivity index (χ2n) is 6.36. The fourth-order valence-electron chi connectivity index (χ4n) is 3.54. The molecule has 2 heterocycles. The van der Waals surface area contributed by atoms with Crippen molar-refractivity contribution in [3.8, 4) is 0 Å². The summed E-state index contributed by atoms with van der Waals surface area (Å²) < 4.78 is 5.94. The van der Waals surface area contributed by atoms with Crippen LogP contribution in [0.1, 0.15) is 45.4 Å². The molecule has 0 aromatic rings. The van der Waals surface area contributed by atoms with E-state index in [0.29, 0.717) is 12.1 Å².